The van der Waals surface area contributed by atoms with E-state index in [-0.39, 0.29) is 11.8 Å². The maximum Gasteiger partial charge on any atom is 0.416 e. The first-order chi connectivity index (χ1) is 16.0. The van der Waals surface area contributed by atoms with Crippen LogP contribution in [0.5, 0.6) is 0 Å². The van der Waals surface area contributed by atoms with Crippen molar-refractivity contribution in [2.75, 3.05) is 26.2 Å². The Balaban J connectivity index is 1.59. The monoisotopic (exact) mass is 483 g/mol. The van der Waals surface area contributed by atoms with Gasteiger partial charge in [0.15, 0.2) is 0 Å². The molecule has 0 aromatic heterocycles. The molecule has 2 amide bonds. The summed E-state index contributed by atoms with van der Waals surface area (Å²) >= 11 is 0. The van der Waals surface area contributed by atoms with Gasteiger partial charge in [0, 0.05) is 32.7 Å². The summed E-state index contributed by atoms with van der Waals surface area (Å²) in [4.78, 5) is 29.2. The minimum Gasteiger partial charge on any atom is -0.340 e. The van der Waals surface area contributed by atoms with Gasteiger partial charge in [0.05, 0.1) is 5.56 Å². The number of benzene rings is 2. The Kier molecular flexibility index (Phi) is 7.91. The summed E-state index contributed by atoms with van der Waals surface area (Å²) in [6.45, 7) is 5.58. The highest BCUT2D eigenvalue weighted by atomic mass is 19.4. The molecular formula is C24H26F5N3O2. The normalized spacial score (nSPS) is 15.9. The number of amides is 2. The Morgan fingerprint density at radius 2 is 1.50 bits per heavy atom. The molecule has 1 heterocycles. The van der Waals surface area contributed by atoms with Crippen molar-refractivity contribution >= 4 is 11.8 Å². The van der Waals surface area contributed by atoms with Gasteiger partial charge in [-0.1, -0.05) is 32.0 Å². The lowest BCUT2D eigenvalue weighted by atomic mass is 10.0. The van der Waals surface area contributed by atoms with Crippen molar-refractivity contribution in [2.24, 2.45) is 5.92 Å². The molecule has 1 aliphatic rings. The highest BCUT2D eigenvalue weighted by Gasteiger charge is 2.33. The Morgan fingerprint density at radius 1 is 0.941 bits per heavy atom. The Bertz CT molecular complexity index is 996. The Morgan fingerprint density at radius 3 is 2.00 bits per heavy atom. The molecular weight excluding hydrogens is 457 g/mol. The number of nitrogens with one attached hydrogen (secondary N) is 1. The van der Waals surface area contributed by atoms with Gasteiger partial charge in [0.1, 0.15) is 23.2 Å². The third kappa shape index (κ3) is 6.11. The summed E-state index contributed by atoms with van der Waals surface area (Å²) in [5.41, 5.74) is -0.710. The largest absolute Gasteiger partial charge is 0.416 e. The molecule has 3 rings (SSSR count). The first-order valence-corrected chi connectivity index (χ1v) is 10.9. The number of carbonyl (C=O) groups excluding carboxylic acids is 2. The second kappa shape index (κ2) is 10.5. The van der Waals surface area contributed by atoms with Crippen LogP contribution in [0.15, 0.2) is 42.5 Å². The fourth-order valence-corrected chi connectivity index (χ4v) is 3.82. The molecule has 0 unspecified atom stereocenters. The number of rotatable bonds is 6. The summed E-state index contributed by atoms with van der Waals surface area (Å²) in [5.74, 6) is -3.69. The van der Waals surface area contributed by atoms with E-state index in [0.717, 1.165) is 35.9 Å². The van der Waals surface area contributed by atoms with Gasteiger partial charge in [-0.25, -0.2) is 8.78 Å². The van der Waals surface area contributed by atoms with Gasteiger partial charge >= 0.3 is 6.18 Å². The molecule has 0 bridgehead atoms. The maximum absolute atomic E-state index is 14.0. The number of hydrogen-bond donors (Lipinski definition) is 1. The lowest BCUT2D eigenvalue weighted by molar-refractivity contribution is -0.137. The molecule has 34 heavy (non-hydrogen) atoms. The fraction of sp³-hybridized carbons (Fsp3) is 0.417. The second-order valence-electron chi connectivity index (χ2n) is 8.59. The molecule has 5 nitrogen and oxygen atoms in total. The number of halogens is 5. The summed E-state index contributed by atoms with van der Waals surface area (Å²) in [5, 5.41) is 2.46. The average molecular weight is 483 g/mol. The van der Waals surface area contributed by atoms with E-state index in [1.807, 2.05) is 4.90 Å². The molecule has 1 aliphatic heterocycles. The highest BCUT2D eigenvalue weighted by Crippen LogP contribution is 2.29. The number of alkyl halides is 3. The van der Waals surface area contributed by atoms with Gasteiger partial charge in [0.2, 0.25) is 5.91 Å². The number of piperazine rings is 1. The van der Waals surface area contributed by atoms with Crippen LogP contribution in [0.2, 0.25) is 0 Å². The van der Waals surface area contributed by atoms with Crippen molar-refractivity contribution in [3.05, 3.63) is 70.8 Å². The molecule has 0 saturated carbocycles. The minimum absolute atomic E-state index is 0.323. The third-order valence-electron chi connectivity index (χ3n) is 5.78. The number of nitrogens with zero attached hydrogens (tertiary/aromatic N) is 2. The molecule has 0 aliphatic carbocycles. The standard InChI is InChI=1S/C24H26F5N3O2/c1-15(2)21(30-22(33)20-18(25)4-3-5-19(20)26)23(34)32-12-10-31(11-13-32)14-16-6-8-17(9-7-16)24(27,28)29/h3-9,15,21H,10-14H2,1-2H3,(H,30,33)/t21-/m0/s1. The molecule has 0 spiro atoms. The van der Waals surface area contributed by atoms with E-state index in [9.17, 15) is 31.5 Å². The fourth-order valence-electron chi connectivity index (χ4n) is 3.82. The van der Waals surface area contributed by atoms with Gasteiger partial charge in [-0.2, -0.15) is 13.2 Å². The predicted molar refractivity (Wildman–Crippen MR) is 116 cm³/mol. The zero-order chi connectivity index (χ0) is 25.0. The SMILES string of the molecule is CC(C)[C@H](NC(=O)c1c(F)cccc1F)C(=O)N1CCN(Cc2ccc(C(F)(F)F)cc2)CC1. The van der Waals surface area contributed by atoms with Gasteiger partial charge in [0.25, 0.3) is 5.91 Å². The molecule has 2 aromatic rings. The van der Waals surface area contributed by atoms with Crippen LogP contribution >= 0.6 is 0 Å². The number of hydrogen-bond acceptors (Lipinski definition) is 3. The summed E-state index contributed by atoms with van der Waals surface area (Å²) in [6.07, 6.45) is -4.38. The Hall–Kier alpha value is -3.01. The molecule has 2 aromatic carbocycles. The minimum atomic E-state index is -4.38. The quantitative estimate of drug-likeness (QED) is 0.630. The van der Waals surface area contributed by atoms with Crippen LogP contribution in [0.25, 0.3) is 0 Å². The van der Waals surface area contributed by atoms with Crippen LogP contribution in [0.1, 0.15) is 35.3 Å². The average Bonchev–Trinajstić information content (AvgIpc) is 2.77. The number of carbonyl (C=O) groups is 2. The van der Waals surface area contributed by atoms with Crippen molar-refractivity contribution in [1.82, 2.24) is 15.1 Å². The van der Waals surface area contributed by atoms with E-state index >= 15 is 0 Å². The van der Waals surface area contributed by atoms with Gasteiger partial charge in [-0.15, -0.1) is 0 Å². The van der Waals surface area contributed by atoms with Crippen molar-refractivity contribution in [1.29, 1.82) is 0 Å². The zero-order valence-corrected chi connectivity index (χ0v) is 18.8. The Labute approximate surface area is 194 Å². The third-order valence-corrected chi connectivity index (χ3v) is 5.78. The van der Waals surface area contributed by atoms with Crippen LogP contribution in [0.4, 0.5) is 22.0 Å². The summed E-state index contributed by atoms with van der Waals surface area (Å²) in [7, 11) is 0. The first kappa shape index (κ1) is 25.6. The van der Waals surface area contributed by atoms with Crippen LogP contribution in [0.3, 0.4) is 0 Å². The van der Waals surface area contributed by atoms with Gasteiger partial charge in [-0.05, 0) is 35.7 Å². The molecule has 1 atom stereocenters. The van der Waals surface area contributed by atoms with Crippen molar-refractivity contribution in [3.63, 3.8) is 0 Å². The molecule has 1 N–H and O–H groups in total. The van der Waals surface area contributed by atoms with Crippen LogP contribution in [0, 0.1) is 17.6 Å². The van der Waals surface area contributed by atoms with Gasteiger partial charge < -0.3 is 10.2 Å². The van der Waals surface area contributed by atoms with E-state index in [1.165, 1.54) is 12.1 Å². The first-order valence-electron chi connectivity index (χ1n) is 10.9. The maximum atomic E-state index is 14.0. The van der Waals surface area contributed by atoms with Crippen molar-refractivity contribution in [2.45, 2.75) is 32.6 Å². The predicted octanol–water partition coefficient (Wildman–Crippen LogP) is 4.08. The van der Waals surface area contributed by atoms with Gasteiger partial charge in [-0.3, -0.25) is 14.5 Å². The molecule has 184 valence electrons. The van der Waals surface area contributed by atoms with E-state index < -0.39 is 40.9 Å². The van der Waals surface area contributed by atoms with Crippen LogP contribution in [-0.2, 0) is 17.5 Å². The lowest BCUT2D eigenvalue weighted by Crippen LogP contribution is -2.56. The topological polar surface area (TPSA) is 52.7 Å². The summed E-state index contributed by atoms with van der Waals surface area (Å²) in [6, 6.07) is 7.09. The smallest absolute Gasteiger partial charge is 0.340 e. The van der Waals surface area contributed by atoms with Crippen LogP contribution < -0.4 is 5.32 Å². The van der Waals surface area contributed by atoms with E-state index in [1.54, 1.807) is 18.7 Å². The molecule has 10 heteroatoms. The second-order valence-corrected chi connectivity index (χ2v) is 8.59. The molecule has 0 radical (unpaired) electrons. The highest BCUT2D eigenvalue weighted by molar-refractivity contribution is 5.98. The molecule has 1 saturated heterocycles. The van der Waals surface area contributed by atoms with E-state index in [0.29, 0.717) is 32.7 Å². The van der Waals surface area contributed by atoms with Crippen LogP contribution in [-0.4, -0.2) is 53.8 Å². The lowest BCUT2D eigenvalue weighted by Gasteiger charge is -2.37. The van der Waals surface area contributed by atoms with E-state index in [2.05, 4.69) is 5.32 Å². The zero-order valence-electron chi connectivity index (χ0n) is 18.8. The molecule has 1 fully saturated rings. The van der Waals surface area contributed by atoms with Crippen molar-refractivity contribution in [3.8, 4) is 0 Å². The van der Waals surface area contributed by atoms with Crippen molar-refractivity contribution < 1.29 is 31.5 Å². The summed E-state index contributed by atoms with van der Waals surface area (Å²) < 4.78 is 66.1. The van der Waals surface area contributed by atoms with E-state index in [4.69, 9.17) is 0 Å².